The minimum Gasteiger partial charge on any atom is -0.340 e. The van der Waals surface area contributed by atoms with Crippen LogP contribution in [0.5, 0.6) is 0 Å². The predicted octanol–water partition coefficient (Wildman–Crippen LogP) is 2.86. The van der Waals surface area contributed by atoms with Crippen molar-refractivity contribution < 1.29 is 4.79 Å². The summed E-state index contributed by atoms with van der Waals surface area (Å²) in [6.07, 6.45) is 0. The molecule has 1 saturated heterocycles. The molecular weight excluding hydrogens is 377 g/mol. The zero-order valence-electron chi connectivity index (χ0n) is 15.1. The van der Waals surface area contributed by atoms with Gasteiger partial charge >= 0.3 is 0 Å². The molecule has 0 radical (unpaired) electrons. The molecule has 0 bridgehead atoms. The standard InChI is InChI=1S/C18H29N3OS.2ClH/c1-3-20(4-2)10-11-23-14-18(22)21-12-16(17(19)13-21)15-8-6-5-7-9-15;;/h5-9,16-17H,3-4,10-14,19H2,1-2H3;2*1H/t16-,17+;;/m0../s1. The Balaban J connectivity index is 0.00000288. The fourth-order valence-corrected chi connectivity index (χ4v) is 3.96. The SMILES string of the molecule is CCN(CC)CCSCC(=O)N1C[C@@H](N)[C@H](c2ccccc2)C1.Cl.Cl. The van der Waals surface area contributed by atoms with Gasteiger partial charge in [-0.25, -0.2) is 0 Å². The van der Waals surface area contributed by atoms with Crippen LogP contribution in [0.1, 0.15) is 25.3 Å². The molecule has 2 rings (SSSR count). The van der Waals surface area contributed by atoms with Gasteiger partial charge in [0.2, 0.25) is 5.91 Å². The van der Waals surface area contributed by atoms with Gasteiger partial charge in [0.25, 0.3) is 0 Å². The summed E-state index contributed by atoms with van der Waals surface area (Å²) in [5.74, 6) is 2.06. The first-order chi connectivity index (χ1) is 11.2. The van der Waals surface area contributed by atoms with E-state index in [1.165, 1.54) is 5.56 Å². The summed E-state index contributed by atoms with van der Waals surface area (Å²) in [4.78, 5) is 16.7. The van der Waals surface area contributed by atoms with Crippen molar-refractivity contribution in [1.82, 2.24) is 9.80 Å². The van der Waals surface area contributed by atoms with Crippen LogP contribution in [0.3, 0.4) is 0 Å². The largest absolute Gasteiger partial charge is 0.340 e. The van der Waals surface area contributed by atoms with Gasteiger partial charge in [-0.1, -0.05) is 44.2 Å². The second-order valence-electron chi connectivity index (χ2n) is 6.06. The molecule has 0 spiro atoms. The number of nitrogens with zero attached hydrogens (tertiary/aromatic N) is 2. The lowest BCUT2D eigenvalue weighted by Crippen LogP contribution is -2.33. The van der Waals surface area contributed by atoms with Crippen LogP contribution in [-0.4, -0.2) is 66.0 Å². The quantitative estimate of drug-likeness (QED) is 0.672. The van der Waals surface area contributed by atoms with Crippen molar-refractivity contribution in [2.75, 3.05) is 44.2 Å². The number of likely N-dealkylation sites (tertiary alicyclic amines) is 1. The van der Waals surface area contributed by atoms with E-state index in [1.807, 2.05) is 23.1 Å². The van der Waals surface area contributed by atoms with Crippen LogP contribution >= 0.6 is 36.6 Å². The van der Waals surface area contributed by atoms with Gasteiger partial charge in [-0.05, 0) is 18.7 Å². The van der Waals surface area contributed by atoms with Gasteiger partial charge < -0.3 is 15.5 Å². The Kier molecular flexibility index (Phi) is 12.6. The molecule has 1 aromatic rings. The first kappa shape index (κ1) is 24.5. The zero-order valence-corrected chi connectivity index (χ0v) is 17.5. The number of hydrogen-bond donors (Lipinski definition) is 1. The molecule has 25 heavy (non-hydrogen) atoms. The molecule has 1 heterocycles. The van der Waals surface area contributed by atoms with Crippen molar-refractivity contribution in [2.45, 2.75) is 25.8 Å². The summed E-state index contributed by atoms with van der Waals surface area (Å²) in [5.41, 5.74) is 7.50. The van der Waals surface area contributed by atoms with Gasteiger partial charge in [-0.2, -0.15) is 11.8 Å². The average Bonchev–Trinajstić information content (AvgIpc) is 2.97. The van der Waals surface area contributed by atoms with Crippen LogP contribution in [0.25, 0.3) is 0 Å². The van der Waals surface area contributed by atoms with E-state index in [9.17, 15) is 4.79 Å². The molecule has 0 aromatic heterocycles. The number of thioether (sulfide) groups is 1. The highest BCUT2D eigenvalue weighted by atomic mass is 35.5. The minimum absolute atomic E-state index is 0. The Bertz CT molecular complexity index is 488. The average molecular weight is 408 g/mol. The van der Waals surface area contributed by atoms with Gasteiger partial charge in [0, 0.05) is 37.3 Å². The lowest BCUT2D eigenvalue weighted by Gasteiger charge is -2.19. The maximum atomic E-state index is 12.4. The molecule has 1 aliphatic heterocycles. The van der Waals surface area contributed by atoms with E-state index < -0.39 is 0 Å². The number of hydrogen-bond acceptors (Lipinski definition) is 4. The van der Waals surface area contributed by atoms with Gasteiger partial charge in [-0.3, -0.25) is 4.79 Å². The number of nitrogens with two attached hydrogens (primary N) is 1. The van der Waals surface area contributed by atoms with E-state index in [0.717, 1.165) is 31.9 Å². The third-order valence-corrected chi connectivity index (χ3v) is 5.54. The number of carbonyl (C=O) groups excluding carboxylic acids is 1. The molecule has 1 fully saturated rings. The molecule has 0 unspecified atom stereocenters. The minimum atomic E-state index is 0. The highest BCUT2D eigenvalue weighted by Crippen LogP contribution is 2.26. The van der Waals surface area contributed by atoms with Gasteiger partial charge in [0.1, 0.15) is 0 Å². The molecule has 1 amide bonds. The van der Waals surface area contributed by atoms with E-state index in [2.05, 4.69) is 30.9 Å². The van der Waals surface area contributed by atoms with Crippen molar-refractivity contribution >= 4 is 42.5 Å². The van der Waals surface area contributed by atoms with Crippen molar-refractivity contribution in [1.29, 1.82) is 0 Å². The molecular formula is C18H31Cl2N3OS. The number of carbonyl (C=O) groups is 1. The Labute approximate surface area is 168 Å². The number of amides is 1. The molecule has 2 atom stereocenters. The highest BCUT2D eigenvalue weighted by Gasteiger charge is 2.33. The maximum absolute atomic E-state index is 12.4. The van der Waals surface area contributed by atoms with Crippen LogP contribution in [0.15, 0.2) is 30.3 Å². The first-order valence-electron chi connectivity index (χ1n) is 8.54. The summed E-state index contributed by atoms with van der Waals surface area (Å²) < 4.78 is 0. The van der Waals surface area contributed by atoms with Crippen molar-refractivity contribution in [3.8, 4) is 0 Å². The van der Waals surface area contributed by atoms with Crippen LogP contribution < -0.4 is 5.73 Å². The Morgan fingerprint density at radius 1 is 1.20 bits per heavy atom. The molecule has 144 valence electrons. The second kappa shape index (κ2) is 12.8. The lowest BCUT2D eigenvalue weighted by molar-refractivity contribution is -0.127. The Hall–Kier alpha value is -0.460. The number of rotatable bonds is 8. The van der Waals surface area contributed by atoms with Gasteiger partial charge in [-0.15, -0.1) is 24.8 Å². The molecule has 1 aliphatic rings. The first-order valence-corrected chi connectivity index (χ1v) is 9.69. The second-order valence-corrected chi connectivity index (χ2v) is 7.16. The molecule has 0 aliphatic carbocycles. The van der Waals surface area contributed by atoms with Gasteiger partial charge in [0.05, 0.1) is 5.75 Å². The van der Waals surface area contributed by atoms with Crippen LogP contribution in [-0.2, 0) is 4.79 Å². The third-order valence-electron chi connectivity index (χ3n) is 4.62. The van der Waals surface area contributed by atoms with E-state index in [4.69, 9.17) is 5.73 Å². The maximum Gasteiger partial charge on any atom is 0.232 e. The van der Waals surface area contributed by atoms with Crippen LogP contribution in [0.4, 0.5) is 0 Å². The summed E-state index contributed by atoms with van der Waals surface area (Å²) in [7, 11) is 0. The molecule has 2 N–H and O–H groups in total. The number of benzene rings is 1. The zero-order chi connectivity index (χ0) is 16.7. The summed E-state index contributed by atoms with van der Waals surface area (Å²) >= 11 is 1.73. The van der Waals surface area contributed by atoms with Crippen LogP contribution in [0, 0.1) is 0 Å². The third kappa shape index (κ3) is 7.35. The van der Waals surface area contributed by atoms with Crippen LogP contribution in [0.2, 0.25) is 0 Å². The van der Waals surface area contributed by atoms with E-state index in [1.54, 1.807) is 11.8 Å². The van der Waals surface area contributed by atoms with E-state index >= 15 is 0 Å². The summed E-state index contributed by atoms with van der Waals surface area (Å²) in [6.45, 7) is 8.98. The van der Waals surface area contributed by atoms with Crippen molar-refractivity contribution in [3.63, 3.8) is 0 Å². The molecule has 1 aromatic carbocycles. The van der Waals surface area contributed by atoms with E-state index in [0.29, 0.717) is 12.3 Å². The lowest BCUT2D eigenvalue weighted by atomic mass is 9.95. The normalized spacial score (nSPS) is 19.4. The summed E-state index contributed by atoms with van der Waals surface area (Å²) in [5, 5.41) is 0. The fourth-order valence-electron chi connectivity index (χ4n) is 3.07. The van der Waals surface area contributed by atoms with Gasteiger partial charge in [0.15, 0.2) is 0 Å². The van der Waals surface area contributed by atoms with Crippen molar-refractivity contribution in [2.24, 2.45) is 5.73 Å². The Morgan fingerprint density at radius 2 is 1.84 bits per heavy atom. The fraction of sp³-hybridized carbons (Fsp3) is 0.611. The molecule has 7 heteroatoms. The molecule has 0 saturated carbocycles. The predicted molar refractivity (Wildman–Crippen MR) is 113 cm³/mol. The monoisotopic (exact) mass is 407 g/mol. The highest BCUT2D eigenvalue weighted by molar-refractivity contribution is 7.99. The van der Waals surface area contributed by atoms with E-state index in [-0.39, 0.29) is 42.7 Å². The smallest absolute Gasteiger partial charge is 0.232 e. The summed E-state index contributed by atoms with van der Waals surface area (Å²) in [6, 6.07) is 10.3. The number of halogens is 2. The topological polar surface area (TPSA) is 49.6 Å². The van der Waals surface area contributed by atoms with Crippen molar-refractivity contribution in [3.05, 3.63) is 35.9 Å². The molecule has 4 nitrogen and oxygen atoms in total. The Morgan fingerprint density at radius 3 is 2.44 bits per heavy atom.